The Balaban J connectivity index is 2.28. The lowest BCUT2D eigenvalue weighted by Crippen LogP contribution is -2.18. The van der Waals surface area contributed by atoms with Crippen molar-refractivity contribution in [3.63, 3.8) is 0 Å². The van der Waals surface area contributed by atoms with Crippen LogP contribution in [-0.2, 0) is 0 Å². The van der Waals surface area contributed by atoms with Crippen LogP contribution in [0.3, 0.4) is 0 Å². The molecule has 2 aromatic rings. The summed E-state index contributed by atoms with van der Waals surface area (Å²) in [5.74, 6) is 0.481. The highest BCUT2D eigenvalue weighted by Gasteiger charge is 2.19. The van der Waals surface area contributed by atoms with Crippen molar-refractivity contribution < 1.29 is 0 Å². The number of hydrogen-bond acceptors (Lipinski definition) is 5. The van der Waals surface area contributed by atoms with Crippen LogP contribution in [0.2, 0.25) is 0 Å². The fourth-order valence-electron chi connectivity index (χ4n) is 1.61. The predicted molar refractivity (Wildman–Crippen MR) is 74.0 cm³/mol. The normalized spacial score (nSPS) is 13.2. The number of nitrogens with zero attached hydrogens (tertiary/aromatic N) is 2. The molecule has 0 aliphatic heterocycles. The van der Waals surface area contributed by atoms with Crippen LogP contribution in [0.5, 0.6) is 0 Å². The summed E-state index contributed by atoms with van der Waals surface area (Å²) in [6.45, 7) is 6.36. The molecule has 2 heterocycles. The maximum atomic E-state index is 4.69. The molecule has 0 fully saturated rings. The highest BCUT2D eigenvalue weighted by Crippen LogP contribution is 2.27. The van der Waals surface area contributed by atoms with E-state index in [-0.39, 0.29) is 6.04 Å². The van der Waals surface area contributed by atoms with Gasteiger partial charge in [0.2, 0.25) is 0 Å². The van der Waals surface area contributed by atoms with Gasteiger partial charge in [-0.2, -0.15) is 0 Å². The van der Waals surface area contributed by atoms with Crippen molar-refractivity contribution in [2.24, 2.45) is 0 Å². The van der Waals surface area contributed by atoms with E-state index in [1.54, 1.807) is 22.7 Å². The molecule has 1 N–H and O–H groups in total. The maximum Gasteiger partial charge on any atom is 0.116 e. The van der Waals surface area contributed by atoms with E-state index in [0.717, 1.165) is 21.4 Å². The fraction of sp³-hybridized carbons (Fsp3) is 0.500. The quantitative estimate of drug-likeness (QED) is 0.923. The Kier molecular flexibility index (Phi) is 3.91. The smallest absolute Gasteiger partial charge is 0.116 e. The van der Waals surface area contributed by atoms with Crippen molar-refractivity contribution in [2.45, 2.75) is 32.7 Å². The summed E-state index contributed by atoms with van der Waals surface area (Å²) in [6.07, 6.45) is 0. The minimum atomic E-state index is 0.123. The monoisotopic (exact) mass is 267 g/mol. The van der Waals surface area contributed by atoms with E-state index in [2.05, 4.69) is 39.9 Å². The third-order valence-corrected chi connectivity index (χ3v) is 4.32. The second-order valence-electron chi connectivity index (χ2n) is 4.28. The first-order valence-electron chi connectivity index (χ1n) is 5.66. The number of rotatable bonds is 4. The van der Waals surface area contributed by atoms with E-state index < -0.39 is 0 Å². The Morgan fingerprint density at radius 2 is 1.82 bits per heavy atom. The van der Waals surface area contributed by atoms with Gasteiger partial charge in [-0.3, -0.25) is 0 Å². The summed E-state index contributed by atoms with van der Waals surface area (Å²) < 4.78 is 0. The number of aromatic nitrogens is 2. The Hall–Kier alpha value is -0.780. The first-order valence-corrected chi connectivity index (χ1v) is 7.42. The number of thiazole rings is 2. The number of aryl methyl sites for hydroxylation is 1. The molecule has 0 saturated carbocycles. The molecule has 0 aliphatic rings. The maximum absolute atomic E-state index is 4.69. The second kappa shape index (κ2) is 5.25. The van der Waals surface area contributed by atoms with Gasteiger partial charge in [0, 0.05) is 10.8 Å². The lowest BCUT2D eigenvalue weighted by atomic mass is 10.1. The van der Waals surface area contributed by atoms with Gasteiger partial charge in [-0.1, -0.05) is 13.8 Å². The number of hydrogen-bond donors (Lipinski definition) is 1. The molecule has 0 saturated heterocycles. The Labute approximate surface area is 110 Å². The Bertz CT molecular complexity index is 487. The number of nitrogens with one attached hydrogen (secondary N) is 1. The molecule has 1 atom stereocenters. The molecular weight excluding hydrogens is 250 g/mol. The van der Waals surface area contributed by atoms with Crippen molar-refractivity contribution >= 4 is 22.7 Å². The van der Waals surface area contributed by atoms with E-state index in [0.29, 0.717) is 5.92 Å². The summed E-state index contributed by atoms with van der Waals surface area (Å²) in [4.78, 5) is 9.22. The third kappa shape index (κ3) is 2.73. The molecule has 1 unspecified atom stereocenters. The summed E-state index contributed by atoms with van der Waals surface area (Å²) in [5, 5.41) is 9.74. The van der Waals surface area contributed by atoms with Crippen LogP contribution in [0.1, 0.15) is 47.2 Å². The first-order chi connectivity index (χ1) is 8.11. The van der Waals surface area contributed by atoms with Crippen molar-refractivity contribution in [1.29, 1.82) is 0 Å². The molecule has 0 spiro atoms. The van der Waals surface area contributed by atoms with Crippen molar-refractivity contribution in [1.82, 2.24) is 15.3 Å². The average Bonchev–Trinajstić information content (AvgIpc) is 2.89. The highest BCUT2D eigenvalue weighted by molar-refractivity contribution is 7.10. The van der Waals surface area contributed by atoms with E-state index >= 15 is 0 Å². The van der Waals surface area contributed by atoms with Gasteiger partial charge in [0.15, 0.2) is 0 Å². The van der Waals surface area contributed by atoms with E-state index in [1.807, 2.05) is 14.0 Å². The van der Waals surface area contributed by atoms with Gasteiger partial charge in [0.1, 0.15) is 11.0 Å². The summed E-state index contributed by atoms with van der Waals surface area (Å²) in [7, 11) is 1.95. The first kappa shape index (κ1) is 12.7. The van der Waals surface area contributed by atoms with Crippen molar-refractivity contribution in [2.75, 3.05) is 7.05 Å². The van der Waals surface area contributed by atoms with E-state index in [9.17, 15) is 0 Å². The lowest BCUT2D eigenvalue weighted by Gasteiger charge is -2.10. The van der Waals surface area contributed by atoms with Crippen LogP contribution in [-0.4, -0.2) is 17.0 Å². The van der Waals surface area contributed by atoms with Crippen LogP contribution in [0, 0.1) is 6.92 Å². The van der Waals surface area contributed by atoms with E-state index in [1.165, 1.54) is 0 Å². The van der Waals surface area contributed by atoms with Gasteiger partial charge in [-0.25, -0.2) is 9.97 Å². The molecule has 0 aliphatic carbocycles. The van der Waals surface area contributed by atoms with Crippen molar-refractivity contribution in [3.8, 4) is 0 Å². The summed E-state index contributed by atoms with van der Waals surface area (Å²) >= 11 is 3.39. The minimum absolute atomic E-state index is 0.123. The Morgan fingerprint density at radius 1 is 1.12 bits per heavy atom. The molecule has 0 radical (unpaired) electrons. The zero-order valence-corrected chi connectivity index (χ0v) is 12.2. The van der Waals surface area contributed by atoms with Gasteiger partial charge in [0.25, 0.3) is 0 Å². The highest BCUT2D eigenvalue weighted by atomic mass is 32.1. The molecular formula is C12H17N3S2. The SMILES string of the molecule is CNC(c1csc(C)n1)c1nc(C(C)C)cs1. The zero-order chi connectivity index (χ0) is 12.4. The average molecular weight is 267 g/mol. The largest absolute Gasteiger partial charge is 0.306 e. The molecule has 2 rings (SSSR count). The van der Waals surface area contributed by atoms with Crippen LogP contribution in [0.15, 0.2) is 10.8 Å². The van der Waals surface area contributed by atoms with Crippen LogP contribution >= 0.6 is 22.7 Å². The summed E-state index contributed by atoms with van der Waals surface area (Å²) in [5.41, 5.74) is 2.23. The molecule has 5 heteroatoms. The van der Waals surface area contributed by atoms with Crippen LogP contribution in [0.4, 0.5) is 0 Å². The van der Waals surface area contributed by atoms with Crippen molar-refractivity contribution in [3.05, 3.63) is 32.2 Å². The fourth-order valence-corrected chi connectivity index (χ4v) is 3.35. The topological polar surface area (TPSA) is 37.8 Å². The summed E-state index contributed by atoms with van der Waals surface area (Å²) in [6, 6.07) is 0.123. The molecule has 3 nitrogen and oxygen atoms in total. The van der Waals surface area contributed by atoms with Crippen LogP contribution in [0.25, 0.3) is 0 Å². The van der Waals surface area contributed by atoms with Gasteiger partial charge in [-0.15, -0.1) is 22.7 Å². The zero-order valence-electron chi connectivity index (χ0n) is 10.5. The third-order valence-electron chi connectivity index (χ3n) is 2.60. The molecule has 92 valence electrons. The van der Waals surface area contributed by atoms with Gasteiger partial charge < -0.3 is 5.32 Å². The molecule has 0 amide bonds. The minimum Gasteiger partial charge on any atom is -0.306 e. The lowest BCUT2D eigenvalue weighted by molar-refractivity contribution is 0.663. The Morgan fingerprint density at radius 3 is 2.29 bits per heavy atom. The second-order valence-corrected chi connectivity index (χ2v) is 6.23. The molecule has 0 bridgehead atoms. The van der Waals surface area contributed by atoms with Crippen LogP contribution < -0.4 is 5.32 Å². The standard InChI is InChI=1S/C12H17N3S2/c1-7(2)9-5-17-12(15-9)11(13-4)10-6-16-8(3)14-10/h5-7,11,13H,1-4H3. The predicted octanol–water partition coefficient (Wildman–Crippen LogP) is 3.34. The van der Waals surface area contributed by atoms with Gasteiger partial charge in [0.05, 0.1) is 16.4 Å². The molecule has 0 aromatic carbocycles. The van der Waals surface area contributed by atoms with E-state index in [4.69, 9.17) is 0 Å². The molecule has 2 aromatic heterocycles. The molecule has 17 heavy (non-hydrogen) atoms. The van der Waals surface area contributed by atoms with Gasteiger partial charge >= 0.3 is 0 Å². The van der Waals surface area contributed by atoms with Gasteiger partial charge in [-0.05, 0) is 19.9 Å².